The van der Waals surface area contributed by atoms with Crippen LogP contribution < -0.4 is 10.2 Å². The first-order valence-corrected chi connectivity index (χ1v) is 9.47. The maximum atomic E-state index is 4.80. The summed E-state index contributed by atoms with van der Waals surface area (Å²) in [6.45, 7) is 4.03. The molecule has 1 fully saturated rings. The molecular formula is C21H22N6. The maximum Gasteiger partial charge on any atom is 0.185 e. The highest BCUT2D eigenvalue weighted by atomic mass is 15.4. The molecule has 0 spiro atoms. The third-order valence-electron chi connectivity index (χ3n) is 5.38. The van der Waals surface area contributed by atoms with Crippen LogP contribution >= 0.6 is 0 Å². The Morgan fingerprint density at radius 2 is 1.59 bits per heavy atom. The zero-order valence-corrected chi connectivity index (χ0v) is 15.3. The van der Waals surface area contributed by atoms with E-state index in [4.69, 9.17) is 5.10 Å². The van der Waals surface area contributed by atoms with Gasteiger partial charge in [0.1, 0.15) is 0 Å². The van der Waals surface area contributed by atoms with Crippen LogP contribution in [0, 0.1) is 6.92 Å². The monoisotopic (exact) mass is 358 g/mol. The molecule has 5 rings (SSSR count). The highest BCUT2D eigenvalue weighted by molar-refractivity contribution is 5.99. The quantitative estimate of drug-likeness (QED) is 0.606. The van der Waals surface area contributed by atoms with E-state index in [0.29, 0.717) is 6.04 Å². The molecule has 0 amide bonds. The number of aryl methyl sites for hydroxylation is 1. The number of nitrogens with one attached hydrogen (secondary N) is 1. The summed E-state index contributed by atoms with van der Waals surface area (Å²) in [5.41, 5.74) is 2.12. The van der Waals surface area contributed by atoms with Crippen LogP contribution in [-0.4, -0.2) is 38.9 Å². The van der Waals surface area contributed by atoms with Gasteiger partial charge in [0.15, 0.2) is 17.3 Å². The van der Waals surface area contributed by atoms with Crippen LogP contribution in [0.5, 0.6) is 0 Å². The molecule has 6 heteroatoms. The van der Waals surface area contributed by atoms with Gasteiger partial charge in [-0.1, -0.05) is 42.5 Å². The van der Waals surface area contributed by atoms with E-state index in [0.717, 1.165) is 54.0 Å². The first-order valence-electron chi connectivity index (χ1n) is 9.47. The van der Waals surface area contributed by atoms with Crippen LogP contribution in [0.25, 0.3) is 16.4 Å². The van der Waals surface area contributed by atoms with Gasteiger partial charge >= 0.3 is 0 Å². The molecule has 6 nitrogen and oxygen atoms in total. The van der Waals surface area contributed by atoms with Crippen molar-refractivity contribution in [3.8, 4) is 0 Å². The fourth-order valence-electron chi connectivity index (χ4n) is 3.90. The molecule has 1 saturated heterocycles. The van der Waals surface area contributed by atoms with E-state index in [1.165, 1.54) is 5.69 Å². The summed E-state index contributed by atoms with van der Waals surface area (Å²) in [5, 5.41) is 19.2. The van der Waals surface area contributed by atoms with Crippen molar-refractivity contribution >= 4 is 27.9 Å². The van der Waals surface area contributed by atoms with Gasteiger partial charge in [-0.25, -0.2) is 0 Å². The van der Waals surface area contributed by atoms with E-state index < -0.39 is 0 Å². The second-order valence-corrected chi connectivity index (χ2v) is 7.12. The van der Waals surface area contributed by atoms with Crippen LogP contribution in [-0.2, 0) is 0 Å². The molecule has 0 bridgehead atoms. The molecule has 0 atom stereocenters. The number of nitrogens with zero attached hydrogens (tertiary/aromatic N) is 5. The number of piperidine rings is 1. The van der Waals surface area contributed by atoms with Gasteiger partial charge in [-0.05, 0) is 31.9 Å². The number of benzene rings is 2. The summed E-state index contributed by atoms with van der Waals surface area (Å²) < 4.78 is 1.84. The van der Waals surface area contributed by atoms with Gasteiger partial charge in [0.2, 0.25) is 0 Å². The lowest BCUT2D eigenvalue weighted by Crippen LogP contribution is -2.39. The van der Waals surface area contributed by atoms with Crippen LogP contribution in [0.1, 0.15) is 18.7 Å². The summed E-state index contributed by atoms with van der Waals surface area (Å²) in [4.78, 5) is 2.46. The average Bonchev–Trinajstić information content (AvgIpc) is 3.10. The number of aromatic nitrogens is 4. The summed E-state index contributed by atoms with van der Waals surface area (Å²) in [6.07, 6.45) is 2.17. The first-order chi connectivity index (χ1) is 13.3. The van der Waals surface area contributed by atoms with E-state index in [1.807, 2.05) is 23.6 Å². The van der Waals surface area contributed by atoms with Crippen LogP contribution in [0.2, 0.25) is 0 Å². The molecule has 1 aliphatic heterocycles. The predicted molar refractivity (Wildman–Crippen MR) is 108 cm³/mol. The normalized spacial score (nSPS) is 15.5. The summed E-state index contributed by atoms with van der Waals surface area (Å²) in [7, 11) is 0. The Hall–Kier alpha value is -3.15. The lowest BCUT2D eigenvalue weighted by Gasteiger charge is -2.34. The Labute approximate surface area is 157 Å². The third kappa shape index (κ3) is 2.87. The van der Waals surface area contributed by atoms with Crippen molar-refractivity contribution in [3.05, 3.63) is 60.4 Å². The fraction of sp³-hybridized carbons (Fsp3) is 0.286. The lowest BCUT2D eigenvalue weighted by molar-refractivity contribution is 0.525. The minimum atomic E-state index is 0.412. The zero-order valence-electron chi connectivity index (χ0n) is 15.3. The molecule has 136 valence electrons. The van der Waals surface area contributed by atoms with Crippen LogP contribution in [0.3, 0.4) is 0 Å². The van der Waals surface area contributed by atoms with Gasteiger partial charge in [-0.15, -0.1) is 15.3 Å². The topological polar surface area (TPSA) is 58.4 Å². The van der Waals surface area contributed by atoms with Gasteiger partial charge in [0.25, 0.3) is 0 Å². The molecule has 1 aliphatic rings. The van der Waals surface area contributed by atoms with Crippen molar-refractivity contribution in [1.82, 2.24) is 19.8 Å². The minimum absolute atomic E-state index is 0.412. The highest BCUT2D eigenvalue weighted by Crippen LogP contribution is 2.27. The summed E-state index contributed by atoms with van der Waals surface area (Å²) in [5.74, 6) is 1.72. The molecule has 4 aromatic rings. The Balaban J connectivity index is 1.41. The van der Waals surface area contributed by atoms with Crippen molar-refractivity contribution in [1.29, 1.82) is 0 Å². The van der Waals surface area contributed by atoms with Gasteiger partial charge < -0.3 is 10.2 Å². The molecule has 0 unspecified atom stereocenters. The van der Waals surface area contributed by atoms with Crippen molar-refractivity contribution in [2.45, 2.75) is 25.8 Å². The fourth-order valence-corrected chi connectivity index (χ4v) is 3.90. The Bertz CT molecular complexity index is 1080. The van der Waals surface area contributed by atoms with Crippen molar-refractivity contribution < 1.29 is 0 Å². The van der Waals surface area contributed by atoms with E-state index in [2.05, 4.69) is 62.9 Å². The predicted octanol–water partition coefficient (Wildman–Crippen LogP) is 3.67. The highest BCUT2D eigenvalue weighted by Gasteiger charge is 2.21. The average molecular weight is 358 g/mol. The number of anilines is 2. The van der Waals surface area contributed by atoms with Crippen molar-refractivity contribution in [2.24, 2.45) is 0 Å². The number of hydrogen-bond acceptors (Lipinski definition) is 5. The van der Waals surface area contributed by atoms with Crippen LogP contribution in [0.15, 0.2) is 54.6 Å². The minimum Gasteiger partial charge on any atom is -0.371 e. The van der Waals surface area contributed by atoms with Gasteiger partial charge in [0, 0.05) is 35.6 Å². The van der Waals surface area contributed by atoms with Crippen LogP contribution in [0.4, 0.5) is 11.5 Å². The molecule has 3 heterocycles. The molecule has 2 aromatic carbocycles. The lowest BCUT2D eigenvalue weighted by atomic mass is 10.0. The standard InChI is InChI=1S/C21H22N6/c1-15-23-24-21-19-10-6-5-9-18(19)20(25-27(15)21)22-16-11-13-26(14-12-16)17-7-3-2-4-8-17/h2-10,16H,11-14H2,1H3,(H,22,25). The molecule has 2 aromatic heterocycles. The Morgan fingerprint density at radius 3 is 2.37 bits per heavy atom. The smallest absolute Gasteiger partial charge is 0.185 e. The number of fused-ring (bicyclic) bond motifs is 3. The number of para-hydroxylation sites is 1. The van der Waals surface area contributed by atoms with Gasteiger partial charge in [-0.2, -0.15) is 4.52 Å². The van der Waals surface area contributed by atoms with E-state index in [1.54, 1.807) is 0 Å². The SMILES string of the molecule is Cc1nnc2c3ccccc3c(NC3CCN(c4ccccc4)CC3)nn12. The van der Waals surface area contributed by atoms with E-state index in [-0.39, 0.29) is 0 Å². The molecular weight excluding hydrogens is 336 g/mol. The van der Waals surface area contributed by atoms with Gasteiger partial charge in [0.05, 0.1) is 0 Å². The first kappa shape index (κ1) is 16.1. The zero-order chi connectivity index (χ0) is 18.2. The Morgan fingerprint density at radius 1 is 0.889 bits per heavy atom. The third-order valence-corrected chi connectivity index (χ3v) is 5.38. The largest absolute Gasteiger partial charge is 0.371 e. The Kier molecular flexibility index (Phi) is 3.89. The molecule has 0 aliphatic carbocycles. The van der Waals surface area contributed by atoms with E-state index in [9.17, 15) is 0 Å². The van der Waals surface area contributed by atoms with Crippen molar-refractivity contribution in [2.75, 3.05) is 23.3 Å². The van der Waals surface area contributed by atoms with Gasteiger partial charge in [-0.3, -0.25) is 0 Å². The number of hydrogen-bond donors (Lipinski definition) is 1. The second-order valence-electron chi connectivity index (χ2n) is 7.12. The molecule has 0 saturated carbocycles. The summed E-state index contributed by atoms with van der Waals surface area (Å²) >= 11 is 0. The van der Waals surface area contributed by atoms with Crippen molar-refractivity contribution in [3.63, 3.8) is 0 Å². The summed E-state index contributed by atoms with van der Waals surface area (Å²) in [6, 6.07) is 19.3. The molecule has 0 radical (unpaired) electrons. The second kappa shape index (κ2) is 6.54. The van der Waals surface area contributed by atoms with E-state index >= 15 is 0 Å². The number of rotatable bonds is 3. The maximum absolute atomic E-state index is 4.80. The molecule has 27 heavy (non-hydrogen) atoms. The molecule has 1 N–H and O–H groups in total.